The number of fused-ring (bicyclic) bond motifs is 1. The number of benzene rings is 3. The molecule has 1 saturated heterocycles. The van der Waals surface area contributed by atoms with Crippen molar-refractivity contribution in [2.75, 3.05) is 11.9 Å². The molecule has 0 aliphatic carbocycles. The van der Waals surface area contributed by atoms with Gasteiger partial charge in [0.05, 0.1) is 17.3 Å². The average molecular weight is 563 g/mol. The first-order valence-corrected chi connectivity index (χ1v) is 13.6. The molecule has 1 aliphatic heterocycles. The van der Waals surface area contributed by atoms with Crippen LogP contribution in [0.4, 0.5) is 5.69 Å². The van der Waals surface area contributed by atoms with Crippen molar-refractivity contribution in [2.45, 2.75) is 18.5 Å². The van der Waals surface area contributed by atoms with Crippen molar-refractivity contribution in [3.05, 3.63) is 120 Å². The monoisotopic (exact) mass is 562 g/mol. The summed E-state index contributed by atoms with van der Waals surface area (Å²) in [5.41, 5.74) is 2.52. The van der Waals surface area contributed by atoms with E-state index in [9.17, 15) is 14.7 Å². The largest absolute Gasteiger partial charge is 0.478 e. The Morgan fingerprint density at radius 1 is 0.951 bits per heavy atom. The molecular weight excluding hydrogens is 536 g/mol. The van der Waals surface area contributed by atoms with Gasteiger partial charge in [-0.05, 0) is 60.1 Å². The van der Waals surface area contributed by atoms with Gasteiger partial charge in [-0.3, -0.25) is 9.78 Å². The maximum absolute atomic E-state index is 13.1. The highest BCUT2D eigenvalue weighted by molar-refractivity contribution is 7.80. The lowest BCUT2D eigenvalue weighted by Gasteiger charge is -2.26. The molecule has 6 rings (SSSR count). The van der Waals surface area contributed by atoms with Crippen LogP contribution in [0.2, 0.25) is 0 Å². The molecule has 0 saturated carbocycles. The lowest BCUT2D eigenvalue weighted by molar-refractivity contribution is -0.116. The van der Waals surface area contributed by atoms with Crippen LogP contribution in [0, 0.1) is 0 Å². The van der Waals surface area contributed by atoms with Crippen LogP contribution < -0.4 is 10.6 Å². The molecule has 3 aromatic carbocycles. The summed E-state index contributed by atoms with van der Waals surface area (Å²) in [6.45, 7) is 0.361. The summed E-state index contributed by atoms with van der Waals surface area (Å²) in [4.78, 5) is 30.9. The fourth-order valence-electron chi connectivity index (χ4n) is 5.17. The second-order valence-corrected chi connectivity index (χ2v) is 10.1. The van der Waals surface area contributed by atoms with Crippen molar-refractivity contribution in [3.63, 3.8) is 0 Å². The standard InChI is InChI=1S/C32H26N4O4S/c37-28(34-24-10-5-7-20-6-1-2-8-23(20)24)17-19-36-30(29(35-32(36)41)25-9-3-4-18-33-25)27-16-15-26(40-27)21-11-13-22(14-12-21)31(38)39/h1-16,18,29-30H,17,19H2,(H,34,37)(H,35,41)(H,38,39). The molecule has 1 fully saturated rings. The third kappa shape index (κ3) is 5.39. The minimum atomic E-state index is -0.986. The summed E-state index contributed by atoms with van der Waals surface area (Å²) in [7, 11) is 0. The molecule has 9 heteroatoms. The molecule has 1 amide bonds. The molecule has 2 aromatic heterocycles. The Labute approximate surface area is 241 Å². The number of aromatic carboxylic acids is 1. The lowest BCUT2D eigenvalue weighted by atomic mass is 10.0. The smallest absolute Gasteiger partial charge is 0.335 e. The van der Waals surface area contributed by atoms with Crippen LogP contribution in [0.15, 0.2) is 108 Å². The second kappa shape index (κ2) is 11.2. The number of carbonyl (C=O) groups excluding carboxylic acids is 1. The molecule has 5 aromatic rings. The predicted octanol–water partition coefficient (Wildman–Crippen LogP) is 6.19. The number of aromatic nitrogens is 1. The maximum Gasteiger partial charge on any atom is 0.335 e. The molecule has 2 atom stereocenters. The number of anilines is 1. The number of hydrogen-bond acceptors (Lipinski definition) is 5. The van der Waals surface area contributed by atoms with Crippen LogP contribution in [0.5, 0.6) is 0 Å². The van der Waals surface area contributed by atoms with E-state index in [1.165, 1.54) is 0 Å². The van der Waals surface area contributed by atoms with Gasteiger partial charge >= 0.3 is 5.97 Å². The van der Waals surface area contributed by atoms with Crippen molar-refractivity contribution < 1.29 is 19.1 Å². The first-order valence-electron chi connectivity index (χ1n) is 13.2. The van der Waals surface area contributed by atoms with Crippen molar-refractivity contribution in [1.82, 2.24) is 15.2 Å². The Morgan fingerprint density at radius 3 is 2.51 bits per heavy atom. The number of carbonyl (C=O) groups is 2. The molecule has 0 bridgehead atoms. The number of furan rings is 1. The highest BCUT2D eigenvalue weighted by atomic mass is 32.1. The van der Waals surface area contributed by atoms with E-state index in [2.05, 4.69) is 15.6 Å². The van der Waals surface area contributed by atoms with Gasteiger partial charge < -0.3 is 25.1 Å². The predicted molar refractivity (Wildman–Crippen MR) is 160 cm³/mol. The molecule has 2 unspecified atom stereocenters. The summed E-state index contributed by atoms with van der Waals surface area (Å²) in [5.74, 6) is 0.145. The van der Waals surface area contributed by atoms with Crippen LogP contribution in [0.3, 0.4) is 0 Å². The zero-order chi connectivity index (χ0) is 28.3. The number of amides is 1. The Balaban J connectivity index is 1.25. The normalized spacial score (nSPS) is 16.5. The Morgan fingerprint density at radius 2 is 1.73 bits per heavy atom. The molecule has 0 radical (unpaired) electrons. The number of thiocarbonyl (C=S) groups is 1. The molecule has 3 N–H and O–H groups in total. The second-order valence-electron chi connectivity index (χ2n) is 9.73. The van der Waals surface area contributed by atoms with E-state index >= 15 is 0 Å². The van der Waals surface area contributed by atoms with E-state index < -0.39 is 5.97 Å². The Kier molecular flexibility index (Phi) is 7.18. The van der Waals surface area contributed by atoms with E-state index in [1.807, 2.05) is 77.7 Å². The van der Waals surface area contributed by atoms with Gasteiger partial charge in [0.15, 0.2) is 5.11 Å². The first kappa shape index (κ1) is 26.2. The molecule has 41 heavy (non-hydrogen) atoms. The average Bonchev–Trinajstić information content (AvgIpc) is 3.61. The number of pyridine rings is 1. The zero-order valence-electron chi connectivity index (χ0n) is 21.9. The highest BCUT2D eigenvalue weighted by Gasteiger charge is 2.41. The van der Waals surface area contributed by atoms with Gasteiger partial charge in [-0.25, -0.2) is 4.79 Å². The minimum absolute atomic E-state index is 0.122. The molecular formula is C32H26N4O4S. The fourth-order valence-corrected chi connectivity index (χ4v) is 5.50. The van der Waals surface area contributed by atoms with Gasteiger partial charge in [0, 0.05) is 35.8 Å². The molecule has 0 spiro atoms. The lowest BCUT2D eigenvalue weighted by Crippen LogP contribution is -2.32. The van der Waals surface area contributed by atoms with Gasteiger partial charge in [-0.1, -0.05) is 54.6 Å². The van der Waals surface area contributed by atoms with Crippen LogP contribution in [0.25, 0.3) is 22.1 Å². The van der Waals surface area contributed by atoms with E-state index in [4.69, 9.17) is 16.6 Å². The van der Waals surface area contributed by atoms with E-state index in [0.717, 1.165) is 27.7 Å². The third-order valence-electron chi connectivity index (χ3n) is 7.18. The summed E-state index contributed by atoms with van der Waals surface area (Å²) >= 11 is 5.74. The Hall–Kier alpha value is -5.02. The topological polar surface area (TPSA) is 108 Å². The molecule has 204 valence electrons. The number of nitrogens with zero attached hydrogens (tertiary/aromatic N) is 2. The van der Waals surface area contributed by atoms with Crippen molar-refractivity contribution >= 4 is 45.7 Å². The van der Waals surface area contributed by atoms with E-state index in [0.29, 0.717) is 23.2 Å². The van der Waals surface area contributed by atoms with Gasteiger partial charge in [-0.2, -0.15) is 0 Å². The molecule has 3 heterocycles. The number of rotatable bonds is 8. The van der Waals surface area contributed by atoms with E-state index in [1.54, 1.807) is 30.5 Å². The number of carboxylic acid groups (broad SMARTS) is 1. The fraction of sp³-hybridized carbons (Fsp3) is 0.125. The van der Waals surface area contributed by atoms with Crippen LogP contribution in [-0.2, 0) is 4.79 Å². The van der Waals surface area contributed by atoms with Crippen molar-refractivity contribution in [2.24, 2.45) is 0 Å². The third-order valence-corrected chi connectivity index (χ3v) is 7.53. The quantitative estimate of drug-likeness (QED) is 0.192. The first-order chi connectivity index (χ1) is 20.0. The summed E-state index contributed by atoms with van der Waals surface area (Å²) < 4.78 is 6.32. The summed E-state index contributed by atoms with van der Waals surface area (Å²) in [6, 6.07) is 29.1. The SMILES string of the molecule is O=C(CCN1C(=S)NC(c2ccccn2)C1c1ccc(-c2ccc(C(=O)O)cc2)o1)Nc1cccc2ccccc12. The van der Waals surface area contributed by atoms with Gasteiger partial charge in [0.2, 0.25) is 5.91 Å². The van der Waals surface area contributed by atoms with Crippen molar-refractivity contribution in [1.29, 1.82) is 0 Å². The number of nitrogens with one attached hydrogen (secondary N) is 2. The van der Waals surface area contributed by atoms with Gasteiger partial charge in [0.1, 0.15) is 17.6 Å². The van der Waals surface area contributed by atoms with Crippen LogP contribution in [0.1, 0.15) is 40.3 Å². The highest BCUT2D eigenvalue weighted by Crippen LogP contribution is 2.40. The van der Waals surface area contributed by atoms with Gasteiger partial charge in [-0.15, -0.1) is 0 Å². The zero-order valence-corrected chi connectivity index (χ0v) is 22.7. The van der Waals surface area contributed by atoms with Gasteiger partial charge in [0.25, 0.3) is 0 Å². The number of carboxylic acids is 1. The van der Waals surface area contributed by atoms with E-state index in [-0.39, 0.29) is 30.0 Å². The maximum atomic E-state index is 13.1. The van der Waals surface area contributed by atoms with Crippen LogP contribution in [-0.4, -0.2) is 38.5 Å². The summed E-state index contributed by atoms with van der Waals surface area (Å²) in [5, 5.41) is 18.2. The molecule has 1 aliphatic rings. The summed E-state index contributed by atoms with van der Waals surface area (Å²) in [6.07, 6.45) is 1.94. The minimum Gasteiger partial charge on any atom is -0.478 e. The molecule has 8 nitrogen and oxygen atoms in total. The number of hydrogen-bond donors (Lipinski definition) is 3. The Bertz CT molecular complexity index is 1730. The van der Waals surface area contributed by atoms with Crippen molar-refractivity contribution in [3.8, 4) is 11.3 Å². The van der Waals surface area contributed by atoms with Crippen LogP contribution >= 0.6 is 12.2 Å².